The fourth-order valence-electron chi connectivity index (χ4n) is 3.45. The van der Waals surface area contributed by atoms with Gasteiger partial charge in [-0.3, -0.25) is 4.79 Å². The number of carbonyl (C=O) groups is 2. The van der Waals surface area contributed by atoms with E-state index in [0.717, 1.165) is 5.56 Å². The van der Waals surface area contributed by atoms with Crippen molar-refractivity contribution in [3.63, 3.8) is 0 Å². The van der Waals surface area contributed by atoms with Crippen molar-refractivity contribution >= 4 is 17.6 Å². The third-order valence-electron chi connectivity index (χ3n) is 5.32. The molecule has 2 aromatic carbocycles. The molecule has 8 heteroatoms. The van der Waals surface area contributed by atoms with Gasteiger partial charge in [0.05, 0.1) is 32.2 Å². The Morgan fingerprint density at radius 2 is 1.68 bits per heavy atom. The zero-order chi connectivity index (χ0) is 24.2. The first-order valence-corrected chi connectivity index (χ1v) is 11.1. The first-order valence-electron chi connectivity index (χ1n) is 11.1. The van der Waals surface area contributed by atoms with Gasteiger partial charge < -0.3 is 29.0 Å². The number of amides is 3. The lowest BCUT2D eigenvalue weighted by Gasteiger charge is -2.27. The summed E-state index contributed by atoms with van der Waals surface area (Å²) in [5.41, 5.74) is 1.66. The molecule has 34 heavy (non-hydrogen) atoms. The van der Waals surface area contributed by atoms with E-state index in [1.54, 1.807) is 42.5 Å². The predicted molar refractivity (Wildman–Crippen MR) is 130 cm³/mol. The number of para-hydroxylation sites is 2. The summed E-state index contributed by atoms with van der Waals surface area (Å²) in [5, 5.41) is 2.84. The van der Waals surface area contributed by atoms with E-state index < -0.39 is 6.03 Å². The van der Waals surface area contributed by atoms with Gasteiger partial charge in [0.2, 0.25) is 5.91 Å². The standard InChI is InChI=1S/C26H31N3O5/c1-32-18-16-29(26(31)27-23-12-6-7-13-24(23)33-2)20-25(30)28(19-22-11-8-17-34-22)15-14-21-9-4-3-5-10-21/h3-13,17H,14-16,18-20H2,1-2H3,(H,27,31). The van der Waals surface area contributed by atoms with E-state index in [-0.39, 0.29) is 19.0 Å². The van der Waals surface area contributed by atoms with E-state index in [1.165, 1.54) is 12.0 Å². The van der Waals surface area contributed by atoms with Gasteiger partial charge in [0.1, 0.15) is 18.1 Å². The molecule has 0 spiro atoms. The van der Waals surface area contributed by atoms with Crippen molar-refractivity contribution in [3.8, 4) is 5.75 Å². The van der Waals surface area contributed by atoms with Crippen molar-refractivity contribution in [2.24, 2.45) is 0 Å². The number of hydrogen-bond acceptors (Lipinski definition) is 5. The van der Waals surface area contributed by atoms with Crippen LogP contribution in [0.2, 0.25) is 0 Å². The Morgan fingerprint density at radius 3 is 2.38 bits per heavy atom. The molecular weight excluding hydrogens is 434 g/mol. The molecule has 0 aliphatic rings. The lowest BCUT2D eigenvalue weighted by Crippen LogP contribution is -2.46. The highest BCUT2D eigenvalue weighted by atomic mass is 16.5. The maximum atomic E-state index is 13.3. The van der Waals surface area contributed by atoms with E-state index in [0.29, 0.717) is 43.3 Å². The molecule has 0 radical (unpaired) electrons. The number of rotatable bonds is 12. The van der Waals surface area contributed by atoms with E-state index in [2.05, 4.69) is 5.32 Å². The Morgan fingerprint density at radius 1 is 0.912 bits per heavy atom. The second-order valence-corrected chi connectivity index (χ2v) is 7.68. The van der Waals surface area contributed by atoms with Gasteiger partial charge in [-0.2, -0.15) is 0 Å². The lowest BCUT2D eigenvalue weighted by atomic mass is 10.1. The predicted octanol–water partition coefficient (Wildman–Crippen LogP) is 4.04. The van der Waals surface area contributed by atoms with Crippen molar-refractivity contribution in [2.45, 2.75) is 13.0 Å². The van der Waals surface area contributed by atoms with E-state index in [1.807, 2.05) is 42.5 Å². The Labute approximate surface area is 200 Å². The van der Waals surface area contributed by atoms with Crippen molar-refractivity contribution in [1.29, 1.82) is 0 Å². The molecule has 3 aromatic rings. The molecule has 1 heterocycles. The molecule has 8 nitrogen and oxygen atoms in total. The summed E-state index contributed by atoms with van der Waals surface area (Å²) in [4.78, 5) is 29.5. The summed E-state index contributed by atoms with van der Waals surface area (Å²) in [5.74, 6) is 1.04. The van der Waals surface area contributed by atoms with E-state index in [4.69, 9.17) is 13.9 Å². The highest BCUT2D eigenvalue weighted by Gasteiger charge is 2.23. The number of nitrogens with zero attached hydrogens (tertiary/aromatic N) is 2. The van der Waals surface area contributed by atoms with Crippen LogP contribution in [0.25, 0.3) is 0 Å². The van der Waals surface area contributed by atoms with Gasteiger partial charge in [-0.05, 0) is 36.2 Å². The normalized spacial score (nSPS) is 10.5. The van der Waals surface area contributed by atoms with Gasteiger partial charge >= 0.3 is 6.03 Å². The van der Waals surface area contributed by atoms with Crippen LogP contribution in [0.3, 0.4) is 0 Å². The Balaban J connectivity index is 1.71. The molecule has 0 unspecified atom stereocenters. The van der Waals surface area contributed by atoms with Crippen LogP contribution in [0.4, 0.5) is 10.5 Å². The molecular formula is C26H31N3O5. The van der Waals surface area contributed by atoms with Gasteiger partial charge in [-0.25, -0.2) is 4.79 Å². The number of furan rings is 1. The zero-order valence-electron chi connectivity index (χ0n) is 19.6. The van der Waals surface area contributed by atoms with Crippen LogP contribution in [-0.2, 0) is 22.5 Å². The van der Waals surface area contributed by atoms with Crippen molar-refractivity contribution < 1.29 is 23.5 Å². The summed E-state index contributed by atoms with van der Waals surface area (Å²) < 4.78 is 15.9. The third kappa shape index (κ3) is 7.38. The van der Waals surface area contributed by atoms with E-state index >= 15 is 0 Å². The molecule has 0 aliphatic carbocycles. The minimum absolute atomic E-state index is 0.0974. The number of hydrogen-bond donors (Lipinski definition) is 1. The molecule has 1 aromatic heterocycles. The van der Waals surface area contributed by atoms with Crippen LogP contribution in [0.1, 0.15) is 11.3 Å². The lowest BCUT2D eigenvalue weighted by molar-refractivity contribution is -0.132. The number of anilines is 1. The Kier molecular flexibility index (Phi) is 9.54. The van der Waals surface area contributed by atoms with Crippen LogP contribution in [0.15, 0.2) is 77.4 Å². The fourth-order valence-corrected chi connectivity index (χ4v) is 3.45. The maximum absolute atomic E-state index is 13.3. The van der Waals surface area contributed by atoms with Crippen molar-refractivity contribution in [1.82, 2.24) is 9.80 Å². The highest BCUT2D eigenvalue weighted by molar-refractivity contribution is 5.93. The maximum Gasteiger partial charge on any atom is 0.322 e. The molecule has 3 rings (SSSR count). The van der Waals surface area contributed by atoms with Gasteiger partial charge in [0.15, 0.2) is 0 Å². The first kappa shape index (κ1) is 24.9. The Bertz CT molecular complexity index is 1020. The second kappa shape index (κ2) is 13.1. The smallest absolute Gasteiger partial charge is 0.322 e. The van der Waals surface area contributed by atoms with Gasteiger partial charge in [0, 0.05) is 20.2 Å². The average Bonchev–Trinajstić information content (AvgIpc) is 3.38. The number of methoxy groups -OCH3 is 2. The van der Waals surface area contributed by atoms with Gasteiger partial charge in [-0.1, -0.05) is 42.5 Å². The van der Waals surface area contributed by atoms with Crippen molar-refractivity contribution in [2.75, 3.05) is 45.8 Å². The SMILES string of the molecule is COCCN(CC(=O)N(CCc1ccccc1)Cc1ccco1)C(=O)Nc1ccccc1OC. The summed E-state index contributed by atoms with van der Waals surface area (Å²) in [6.07, 6.45) is 2.28. The molecule has 0 saturated carbocycles. The number of benzene rings is 2. The van der Waals surface area contributed by atoms with Crippen LogP contribution < -0.4 is 10.1 Å². The summed E-state index contributed by atoms with van der Waals surface area (Å²) in [6, 6.07) is 20.3. The Hall–Kier alpha value is -3.78. The summed E-state index contributed by atoms with van der Waals surface area (Å²) in [7, 11) is 3.09. The minimum Gasteiger partial charge on any atom is -0.495 e. The molecule has 0 fully saturated rings. The monoisotopic (exact) mass is 465 g/mol. The molecule has 0 aliphatic heterocycles. The third-order valence-corrected chi connectivity index (χ3v) is 5.32. The van der Waals surface area contributed by atoms with Crippen LogP contribution >= 0.6 is 0 Å². The second-order valence-electron chi connectivity index (χ2n) is 7.68. The van der Waals surface area contributed by atoms with E-state index in [9.17, 15) is 9.59 Å². The number of ether oxygens (including phenoxy) is 2. The molecule has 0 atom stereocenters. The topological polar surface area (TPSA) is 84.2 Å². The number of urea groups is 1. The average molecular weight is 466 g/mol. The number of carbonyl (C=O) groups excluding carboxylic acids is 2. The largest absolute Gasteiger partial charge is 0.495 e. The highest BCUT2D eigenvalue weighted by Crippen LogP contribution is 2.23. The van der Waals surface area contributed by atoms with Gasteiger partial charge in [-0.15, -0.1) is 0 Å². The molecule has 3 amide bonds. The van der Waals surface area contributed by atoms with Crippen LogP contribution in [-0.4, -0.2) is 62.2 Å². The minimum atomic E-state index is -0.407. The summed E-state index contributed by atoms with van der Waals surface area (Å²) >= 11 is 0. The molecule has 0 bridgehead atoms. The van der Waals surface area contributed by atoms with Crippen molar-refractivity contribution in [3.05, 3.63) is 84.3 Å². The molecule has 1 N–H and O–H groups in total. The number of nitrogens with one attached hydrogen (secondary N) is 1. The molecule has 0 saturated heterocycles. The van der Waals surface area contributed by atoms with Crippen LogP contribution in [0, 0.1) is 0 Å². The first-order chi connectivity index (χ1) is 16.6. The quantitative estimate of drug-likeness (QED) is 0.436. The summed E-state index contributed by atoms with van der Waals surface area (Å²) in [6.45, 7) is 1.28. The van der Waals surface area contributed by atoms with Gasteiger partial charge in [0.25, 0.3) is 0 Å². The fraction of sp³-hybridized carbons (Fsp3) is 0.308. The zero-order valence-corrected chi connectivity index (χ0v) is 19.6. The van der Waals surface area contributed by atoms with Crippen LogP contribution in [0.5, 0.6) is 5.75 Å². The molecule has 180 valence electrons.